The second kappa shape index (κ2) is 5.33. The Labute approximate surface area is 124 Å². The summed E-state index contributed by atoms with van der Waals surface area (Å²) < 4.78 is 30.9. The van der Waals surface area contributed by atoms with E-state index in [0.29, 0.717) is 35.5 Å². The van der Waals surface area contributed by atoms with Crippen LogP contribution in [0.15, 0.2) is 27.8 Å². The van der Waals surface area contributed by atoms with E-state index in [0.717, 1.165) is 19.3 Å². The van der Waals surface area contributed by atoms with Gasteiger partial charge in [-0.05, 0) is 37.0 Å². The summed E-state index contributed by atoms with van der Waals surface area (Å²) in [6.07, 6.45) is 4.50. The number of benzene rings is 1. The Balaban J connectivity index is 1.95. The molecule has 0 radical (unpaired) electrons. The van der Waals surface area contributed by atoms with Crippen LogP contribution in [0.1, 0.15) is 39.0 Å². The van der Waals surface area contributed by atoms with Gasteiger partial charge in [0.25, 0.3) is 0 Å². The number of nitrogens with zero attached hydrogens (tertiary/aromatic N) is 1. The Morgan fingerprint density at radius 2 is 2.19 bits per heavy atom. The highest BCUT2D eigenvalue weighted by atomic mass is 32.2. The molecule has 2 unspecified atom stereocenters. The van der Waals surface area contributed by atoms with Crippen molar-refractivity contribution in [3.8, 4) is 0 Å². The van der Waals surface area contributed by atoms with Crippen LogP contribution in [0, 0.1) is 5.92 Å². The monoisotopic (exact) mass is 308 g/mol. The minimum atomic E-state index is -3.50. The fraction of sp³-hybridized carbons (Fsp3) is 0.533. The predicted octanol–water partition coefficient (Wildman–Crippen LogP) is 3.15. The van der Waals surface area contributed by atoms with Gasteiger partial charge in [-0.3, -0.25) is 0 Å². The van der Waals surface area contributed by atoms with Crippen molar-refractivity contribution in [2.45, 2.75) is 49.5 Å². The van der Waals surface area contributed by atoms with E-state index in [9.17, 15) is 8.42 Å². The van der Waals surface area contributed by atoms with Crippen molar-refractivity contribution in [2.24, 2.45) is 5.92 Å². The minimum absolute atomic E-state index is 0.162. The molecule has 0 spiro atoms. The van der Waals surface area contributed by atoms with Crippen LogP contribution in [0.2, 0.25) is 0 Å². The van der Waals surface area contributed by atoms with Crippen LogP contribution < -0.4 is 5.73 Å². The van der Waals surface area contributed by atoms with Gasteiger partial charge in [-0.25, -0.2) is 8.42 Å². The molecule has 2 atom stereocenters. The molecule has 114 valence electrons. The van der Waals surface area contributed by atoms with Crippen molar-refractivity contribution < 1.29 is 12.8 Å². The number of rotatable bonds is 3. The minimum Gasteiger partial charge on any atom is -0.428 e. The molecule has 2 aromatic rings. The summed E-state index contributed by atoms with van der Waals surface area (Å²) in [6.45, 7) is 2.11. The van der Waals surface area contributed by atoms with Crippen LogP contribution in [0.5, 0.6) is 0 Å². The number of nitrogens with two attached hydrogens (primary N) is 1. The summed E-state index contributed by atoms with van der Waals surface area (Å²) in [4.78, 5) is 4.14. The van der Waals surface area contributed by atoms with Crippen molar-refractivity contribution in [3.05, 3.63) is 18.2 Å². The maximum Gasteiger partial charge on any atom is 0.316 e. The second-order valence-corrected chi connectivity index (χ2v) is 7.92. The third-order valence-corrected chi connectivity index (χ3v) is 6.35. The van der Waals surface area contributed by atoms with Gasteiger partial charge in [0.05, 0.1) is 5.25 Å². The van der Waals surface area contributed by atoms with E-state index in [1.54, 1.807) is 18.2 Å². The van der Waals surface area contributed by atoms with E-state index in [1.165, 1.54) is 0 Å². The summed E-state index contributed by atoms with van der Waals surface area (Å²) in [6, 6.07) is 4.97. The van der Waals surface area contributed by atoms with Crippen molar-refractivity contribution >= 4 is 26.6 Å². The zero-order chi connectivity index (χ0) is 15.0. The molecule has 1 fully saturated rings. The predicted molar refractivity (Wildman–Crippen MR) is 81.6 cm³/mol. The molecule has 2 N–H and O–H groups in total. The van der Waals surface area contributed by atoms with E-state index < -0.39 is 9.84 Å². The summed E-state index contributed by atoms with van der Waals surface area (Å²) in [5.41, 5.74) is 7.20. The van der Waals surface area contributed by atoms with Crippen LogP contribution in [0.25, 0.3) is 11.1 Å². The Morgan fingerprint density at radius 1 is 1.38 bits per heavy atom. The zero-order valence-corrected chi connectivity index (χ0v) is 12.9. The van der Waals surface area contributed by atoms with Gasteiger partial charge in [-0.15, -0.1) is 0 Å². The molecule has 0 bridgehead atoms. The standard InChI is InChI=1S/C15H20N2O3S/c1-2-10-4-3-5-12(8-10)21(18,19)15-17-13-9-11(16)6-7-14(13)20-15/h6-7,9-10,12H,2-5,8,16H2,1H3. The highest BCUT2D eigenvalue weighted by Gasteiger charge is 2.35. The van der Waals surface area contributed by atoms with Crippen LogP contribution in [-0.4, -0.2) is 18.7 Å². The van der Waals surface area contributed by atoms with E-state index in [-0.39, 0.29) is 10.5 Å². The first kappa shape index (κ1) is 14.4. The van der Waals surface area contributed by atoms with Crippen LogP contribution in [-0.2, 0) is 9.84 Å². The largest absolute Gasteiger partial charge is 0.428 e. The van der Waals surface area contributed by atoms with Gasteiger partial charge in [0.15, 0.2) is 5.58 Å². The Bertz CT molecular complexity index is 751. The third kappa shape index (κ3) is 2.64. The normalized spacial score (nSPS) is 23.5. The van der Waals surface area contributed by atoms with E-state index >= 15 is 0 Å². The van der Waals surface area contributed by atoms with Gasteiger partial charge in [0.1, 0.15) is 5.52 Å². The quantitative estimate of drug-likeness (QED) is 0.880. The summed E-state index contributed by atoms with van der Waals surface area (Å²) in [5.74, 6) is 0.485. The smallest absolute Gasteiger partial charge is 0.316 e. The number of aromatic nitrogens is 1. The van der Waals surface area contributed by atoms with Gasteiger partial charge in [-0.1, -0.05) is 26.2 Å². The third-order valence-electron chi connectivity index (χ3n) is 4.39. The Hall–Kier alpha value is -1.56. The molecule has 1 aliphatic carbocycles. The molecule has 1 aromatic heterocycles. The first-order valence-corrected chi connectivity index (χ1v) is 8.95. The molecule has 1 saturated carbocycles. The molecular formula is C15H20N2O3S. The van der Waals surface area contributed by atoms with Crippen molar-refractivity contribution in [3.63, 3.8) is 0 Å². The number of hydrogen-bond acceptors (Lipinski definition) is 5. The maximum absolute atomic E-state index is 12.7. The van der Waals surface area contributed by atoms with Crippen molar-refractivity contribution in [2.75, 3.05) is 5.73 Å². The van der Waals surface area contributed by atoms with Crippen LogP contribution in [0.4, 0.5) is 5.69 Å². The second-order valence-electron chi connectivity index (χ2n) is 5.81. The number of nitrogen functional groups attached to an aromatic ring is 1. The van der Waals surface area contributed by atoms with E-state index in [1.807, 2.05) is 0 Å². The van der Waals surface area contributed by atoms with E-state index in [2.05, 4.69) is 11.9 Å². The molecular weight excluding hydrogens is 288 g/mol. The van der Waals surface area contributed by atoms with Gasteiger partial charge >= 0.3 is 5.22 Å². The lowest BCUT2D eigenvalue weighted by molar-refractivity contribution is 0.343. The fourth-order valence-corrected chi connectivity index (χ4v) is 4.80. The van der Waals surface area contributed by atoms with Gasteiger partial charge in [0.2, 0.25) is 9.84 Å². The molecule has 0 aliphatic heterocycles. The van der Waals surface area contributed by atoms with E-state index in [4.69, 9.17) is 10.2 Å². The van der Waals surface area contributed by atoms with Crippen LogP contribution >= 0.6 is 0 Å². The topological polar surface area (TPSA) is 86.2 Å². The van der Waals surface area contributed by atoms with Crippen LogP contribution in [0.3, 0.4) is 0 Å². The highest BCUT2D eigenvalue weighted by Crippen LogP contribution is 2.34. The Morgan fingerprint density at radius 3 is 2.95 bits per heavy atom. The number of fused-ring (bicyclic) bond motifs is 1. The van der Waals surface area contributed by atoms with Crippen molar-refractivity contribution in [1.82, 2.24) is 4.98 Å². The molecule has 0 amide bonds. The SMILES string of the molecule is CCC1CCCC(S(=O)(=O)c2nc3cc(N)ccc3o2)C1. The lowest BCUT2D eigenvalue weighted by Gasteiger charge is -2.26. The molecule has 1 heterocycles. The summed E-state index contributed by atoms with van der Waals surface area (Å²) in [7, 11) is -3.50. The lowest BCUT2D eigenvalue weighted by atomic mass is 9.87. The Kier molecular flexibility index (Phi) is 3.65. The number of sulfone groups is 1. The molecule has 3 rings (SSSR count). The molecule has 1 aliphatic rings. The average Bonchev–Trinajstić information content (AvgIpc) is 2.91. The van der Waals surface area contributed by atoms with Gasteiger partial charge in [0, 0.05) is 5.69 Å². The zero-order valence-electron chi connectivity index (χ0n) is 12.1. The average molecular weight is 308 g/mol. The lowest BCUT2D eigenvalue weighted by Crippen LogP contribution is -2.28. The summed E-state index contributed by atoms with van der Waals surface area (Å²) >= 11 is 0. The number of anilines is 1. The molecule has 1 aromatic carbocycles. The highest BCUT2D eigenvalue weighted by molar-refractivity contribution is 7.91. The van der Waals surface area contributed by atoms with Gasteiger partial charge in [-0.2, -0.15) is 4.98 Å². The molecule has 21 heavy (non-hydrogen) atoms. The fourth-order valence-electron chi connectivity index (χ4n) is 3.08. The number of oxazole rings is 1. The molecule has 5 nitrogen and oxygen atoms in total. The van der Waals surface area contributed by atoms with Crippen molar-refractivity contribution in [1.29, 1.82) is 0 Å². The molecule has 6 heteroatoms. The first-order chi connectivity index (χ1) is 10.0. The number of hydrogen-bond donors (Lipinski definition) is 1. The maximum atomic E-state index is 12.7. The molecule has 0 saturated heterocycles. The summed E-state index contributed by atoms with van der Waals surface area (Å²) in [5, 5.41) is -0.536. The first-order valence-electron chi connectivity index (χ1n) is 7.40. The van der Waals surface area contributed by atoms with Gasteiger partial charge < -0.3 is 10.2 Å².